The van der Waals surface area contributed by atoms with Crippen molar-refractivity contribution in [2.24, 2.45) is 0 Å². The molecule has 1 aromatic heterocycles. The summed E-state index contributed by atoms with van der Waals surface area (Å²) in [6.07, 6.45) is 0.395. The fourth-order valence-corrected chi connectivity index (χ4v) is 5.38. The predicted molar refractivity (Wildman–Crippen MR) is 86.6 cm³/mol. The molecular formula is C15H16N2O3S2. The predicted octanol–water partition coefficient (Wildman–Crippen LogP) is 2.00. The molecule has 22 heavy (non-hydrogen) atoms. The van der Waals surface area contributed by atoms with Gasteiger partial charge in [-0.15, -0.1) is 11.3 Å². The molecule has 1 atom stereocenters. The molecule has 1 amide bonds. The molecule has 1 aromatic carbocycles. The maximum absolute atomic E-state index is 12.9. The molecule has 1 aliphatic heterocycles. The molecule has 1 unspecified atom stereocenters. The van der Waals surface area contributed by atoms with Crippen LogP contribution in [0.2, 0.25) is 0 Å². The fourth-order valence-electron chi connectivity index (χ4n) is 2.65. The number of sulfonamides is 1. The highest BCUT2D eigenvalue weighted by atomic mass is 32.2. The van der Waals surface area contributed by atoms with Crippen molar-refractivity contribution in [3.05, 3.63) is 47.3 Å². The number of nitrogens with zero attached hydrogens (tertiary/aromatic N) is 1. The molecule has 0 radical (unpaired) electrons. The molecule has 2 heterocycles. The second-order valence-corrected chi connectivity index (χ2v) is 7.97. The molecular weight excluding hydrogens is 320 g/mol. The van der Waals surface area contributed by atoms with Crippen molar-refractivity contribution in [3.8, 4) is 0 Å². The molecule has 1 aliphatic rings. The van der Waals surface area contributed by atoms with Gasteiger partial charge in [0.1, 0.15) is 10.3 Å². The monoisotopic (exact) mass is 336 g/mol. The van der Waals surface area contributed by atoms with E-state index in [0.29, 0.717) is 18.7 Å². The minimum absolute atomic E-state index is 0.249. The first-order valence-corrected chi connectivity index (χ1v) is 9.31. The summed E-state index contributed by atoms with van der Waals surface area (Å²) in [6, 6.07) is 9.79. The molecule has 0 saturated carbocycles. The summed E-state index contributed by atoms with van der Waals surface area (Å²) in [6.45, 7) is 2.29. The molecule has 5 nitrogen and oxygen atoms in total. The van der Waals surface area contributed by atoms with Gasteiger partial charge >= 0.3 is 0 Å². The maximum atomic E-state index is 12.9. The number of thiophene rings is 1. The number of likely N-dealkylation sites (N-methyl/N-ethyl adjacent to an activating group) is 1. The van der Waals surface area contributed by atoms with Crippen LogP contribution in [-0.4, -0.2) is 26.9 Å². The summed E-state index contributed by atoms with van der Waals surface area (Å²) in [5, 5.41) is 4.45. The van der Waals surface area contributed by atoms with Crippen LogP contribution in [0.5, 0.6) is 0 Å². The van der Waals surface area contributed by atoms with E-state index in [1.165, 1.54) is 4.31 Å². The van der Waals surface area contributed by atoms with Crippen molar-refractivity contribution in [2.45, 2.75) is 23.6 Å². The largest absolute Gasteiger partial charge is 0.355 e. The molecule has 116 valence electrons. The van der Waals surface area contributed by atoms with Gasteiger partial charge in [-0.3, -0.25) is 9.10 Å². The lowest BCUT2D eigenvalue weighted by Gasteiger charge is -2.25. The van der Waals surface area contributed by atoms with E-state index in [1.54, 1.807) is 29.6 Å². The van der Waals surface area contributed by atoms with Crippen LogP contribution in [0.3, 0.4) is 0 Å². The topological polar surface area (TPSA) is 66.5 Å². The third kappa shape index (κ3) is 2.40. The highest BCUT2D eigenvalue weighted by Crippen LogP contribution is 2.37. The second-order valence-electron chi connectivity index (χ2n) is 4.98. The molecule has 3 rings (SSSR count). The Morgan fingerprint density at radius 3 is 2.77 bits per heavy atom. The van der Waals surface area contributed by atoms with Crippen LogP contribution in [0.4, 0.5) is 5.69 Å². The lowest BCUT2D eigenvalue weighted by Crippen LogP contribution is -2.47. The van der Waals surface area contributed by atoms with E-state index >= 15 is 0 Å². The van der Waals surface area contributed by atoms with Gasteiger partial charge in [-0.1, -0.05) is 24.3 Å². The maximum Gasteiger partial charge on any atom is 0.274 e. The molecule has 7 heteroatoms. The van der Waals surface area contributed by atoms with Gasteiger partial charge in [0.2, 0.25) is 5.91 Å². The van der Waals surface area contributed by atoms with Crippen LogP contribution in [0.25, 0.3) is 0 Å². The van der Waals surface area contributed by atoms with Crippen molar-refractivity contribution in [1.82, 2.24) is 5.32 Å². The summed E-state index contributed by atoms with van der Waals surface area (Å²) < 4.78 is 27.4. The van der Waals surface area contributed by atoms with Gasteiger partial charge in [-0.25, -0.2) is 8.42 Å². The lowest BCUT2D eigenvalue weighted by atomic mass is 10.1. The minimum atomic E-state index is -3.73. The normalized spacial score (nSPS) is 17.3. The van der Waals surface area contributed by atoms with Crippen LogP contribution in [-0.2, 0) is 21.2 Å². The van der Waals surface area contributed by atoms with E-state index in [1.807, 2.05) is 19.1 Å². The number of anilines is 1. The second kappa shape index (κ2) is 5.73. The highest BCUT2D eigenvalue weighted by molar-refractivity contribution is 7.94. The summed E-state index contributed by atoms with van der Waals surface area (Å²) in [4.78, 5) is 12.3. The van der Waals surface area contributed by atoms with Gasteiger partial charge in [-0.2, -0.15) is 0 Å². The average Bonchev–Trinajstić information content (AvgIpc) is 3.15. The van der Waals surface area contributed by atoms with Gasteiger partial charge in [0.15, 0.2) is 0 Å². The van der Waals surface area contributed by atoms with Crippen LogP contribution < -0.4 is 9.62 Å². The van der Waals surface area contributed by atoms with E-state index in [9.17, 15) is 13.2 Å². The Morgan fingerprint density at radius 2 is 2.09 bits per heavy atom. The van der Waals surface area contributed by atoms with Crippen LogP contribution in [0, 0.1) is 0 Å². The quantitative estimate of drug-likeness (QED) is 0.929. The number of para-hydroxylation sites is 1. The van der Waals surface area contributed by atoms with Crippen LogP contribution in [0.1, 0.15) is 12.5 Å². The Labute approximate surface area is 133 Å². The number of carbonyl (C=O) groups is 1. The van der Waals surface area contributed by atoms with E-state index in [0.717, 1.165) is 16.9 Å². The first-order valence-electron chi connectivity index (χ1n) is 6.99. The van der Waals surface area contributed by atoms with Crippen LogP contribution in [0.15, 0.2) is 46.0 Å². The zero-order valence-corrected chi connectivity index (χ0v) is 13.7. The third-order valence-electron chi connectivity index (χ3n) is 3.59. The number of benzene rings is 1. The number of rotatable bonds is 4. The summed E-state index contributed by atoms with van der Waals surface area (Å²) >= 11 is 1.16. The average molecular weight is 336 g/mol. The standard InChI is InChI=1S/C15H16N2O3S2/c1-2-16-15(18)13-10-11-6-3-4-7-12(11)17(13)22(19,20)14-8-5-9-21-14/h3-9,13H,2,10H2,1H3,(H,16,18). The molecule has 0 aliphatic carbocycles. The van der Waals surface area contributed by atoms with Crippen LogP contribution >= 0.6 is 11.3 Å². The summed E-state index contributed by atoms with van der Waals surface area (Å²) in [5.74, 6) is -0.265. The first kappa shape index (κ1) is 15.1. The van der Waals surface area contributed by atoms with Crippen molar-refractivity contribution in [2.75, 3.05) is 10.8 Å². The Morgan fingerprint density at radius 1 is 1.32 bits per heavy atom. The smallest absolute Gasteiger partial charge is 0.274 e. The SMILES string of the molecule is CCNC(=O)C1Cc2ccccc2N1S(=O)(=O)c1cccs1. The molecule has 1 N–H and O–H groups in total. The fraction of sp³-hybridized carbons (Fsp3) is 0.267. The molecule has 0 saturated heterocycles. The van der Waals surface area contributed by atoms with E-state index < -0.39 is 16.1 Å². The van der Waals surface area contributed by atoms with Gasteiger partial charge in [0.25, 0.3) is 10.0 Å². The number of carbonyl (C=O) groups excluding carboxylic acids is 1. The van der Waals surface area contributed by atoms with E-state index in [4.69, 9.17) is 0 Å². The van der Waals surface area contributed by atoms with Crippen molar-refractivity contribution in [1.29, 1.82) is 0 Å². The Bertz CT molecular complexity index is 785. The molecule has 0 bridgehead atoms. The molecule has 0 spiro atoms. The van der Waals surface area contributed by atoms with Gasteiger partial charge in [0.05, 0.1) is 5.69 Å². The zero-order valence-electron chi connectivity index (χ0n) is 12.0. The zero-order chi connectivity index (χ0) is 15.7. The molecule has 2 aromatic rings. The number of amides is 1. The van der Waals surface area contributed by atoms with Gasteiger partial charge in [0, 0.05) is 13.0 Å². The number of nitrogens with one attached hydrogen (secondary N) is 1. The summed E-state index contributed by atoms with van der Waals surface area (Å²) in [5.41, 5.74) is 1.46. The Hall–Kier alpha value is -1.86. The Balaban J connectivity index is 2.09. The number of fused-ring (bicyclic) bond motifs is 1. The van der Waals surface area contributed by atoms with Crippen molar-refractivity contribution < 1.29 is 13.2 Å². The van der Waals surface area contributed by atoms with Gasteiger partial charge in [-0.05, 0) is 30.0 Å². The van der Waals surface area contributed by atoms with Gasteiger partial charge < -0.3 is 5.32 Å². The first-order chi connectivity index (χ1) is 10.6. The number of hydrogen-bond donors (Lipinski definition) is 1. The Kier molecular flexibility index (Phi) is 3.92. The summed E-state index contributed by atoms with van der Waals surface area (Å²) in [7, 11) is -3.73. The minimum Gasteiger partial charge on any atom is -0.355 e. The highest BCUT2D eigenvalue weighted by Gasteiger charge is 2.42. The number of hydrogen-bond acceptors (Lipinski definition) is 4. The van der Waals surface area contributed by atoms with Crippen molar-refractivity contribution in [3.63, 3.8) is 0 Å². The molecule has 0 fully saturated rings. The van der Waals surface area contributed by atoms with E-state index in [-0.39, 0.29) is 10.1 Å². The van der Waals surface area contributed by atoms with E-state index in [2.05, 4.69) is 5.32 Å². The third-order valence-corrected chi connectivity index (χ3v) is 6.78. The lowest BCUT2D eigenvalue weighted by molar-refractivity contribution is -0.121. The van der Waals surface area contributed by atoms with Crippen molar-refractivity contribution >= 4 is 33.0 Å².